The molecule has 2 heteroatoms. The lowest BCUT2D eigenvalue weighted by atomic mass is 9.88. The SMILES string of the molecule is CCC(C)CN(C)C1CCC(C)(C)C1O. The zero-order chi connectivity index (χ0) is 11.6. The van der Waals surface area contributed by atoms with E-state index in [9.17, 15) is 5.11 Å². The van der Waals surface area contributed by atoms with Gasteiger partial charge in [0.1, 0.15) is 0 Å². The smallest absolute Gasteiger partial charge is 0.0746 e. The lowest BCUT2D eigenvalue weighted by Gasteiger charge is -2.32. The molecule has 1 rings (SSSR count). The molecule has 0 aromatic carbocycles. The van der Waals surface area contributed by atoms with Crippen LogP contribution >= 0.6 is 0 Å². The van der Waals surface area contributed by atoms with Crippen LogP contribution in [0.1, 0.15) is 47.0 Å². The Morgan fingerprint density at radius 3 is 2.47 bits per heavy atom. The molecule has 0 bridgehead atoms. The van der Waals surface area contributed by atoms with Crippen LogP contribution in [0.5, 0.6) is 0 Å². The van der Waals surface area contributed by atoms with Crippen molar-refractivity contribution >= 4 is 0 Å². The van der Waals surface area contributed by atoms with Gasteiger partial charge in [-0.1, -0.05) is 34.1 Å². The Morgan fingerprint density at radius 2 is 2.07 bits per heavy atom. The third-order valence-corrected chi connectivity index (χ3v) is 4.11. The van der Waals surface area contributed by atoms with Crippen molar-refractivity contribution < 1.29 is 5.11 Å². The Kier molecular flexibility index (Phi) is 4.19. The monoisotopic (exact) mass is 213 g/mol. The molecule has 1 N–H and O–H groups in total. The maximum Gasteiger partial charge on any atom is 0.0746 e. The maximum atomic E-state index is 10.2. The molecule has 0 aromatic heterocycles. The fraction of sp³-hybridized carbons (Fsp3) is 1.00. The van der Waals surface area contributed by atoms with E-state index in [1.165, 1.54) is 6.42 Å². The molecular formula is C13H27NO. The molecular weight excluding hydrogens is 186 g/mol. The average molecular weight is 213 g/mol. The first-order valence-corrected chi connectivity index (χ1v) is 6.26. The van der Waals surface area contributed by atoms with Gasteiger partial charge in [0.25, 0.3) is 0 Å². The van der Waals surface area contributed by atoms with Crippen molar-refractivity contribution in [1.82, 2.24) is 4.90 Å². The van der Waals surface area contributed by atoms with Crippen molar-refractivity contribution in [3.05, 3.63) is 0 Å². The molecule has 0 radical (unpaired) electrons. The van der Waals surface area contributed by atoms with Crippen LogP contribution in [0.3, 0.4) is 0 Å². The largest absolute Gasteiger partial charge is 0.391 e. The van der Waals surface area contributed by atoms with Crippen LogP contribution in [0, 0.1) is 11.3 Å². The first-order valence-electron chi connectivity index (χ1n) is 6.26. The highest BCUT2D eigenvalue weighted by atomic mass is 16.3. The minimum Gasteiger partial charge on any atom is -0.391 e. The summed E-state index contributed by atoms with van der Waals surface area (Å²) in [6.07, 6.45) is 3.34. The van der Waals surface area contributed by atoms with E-state index >= 15 is 0 Å². The van der Waals surface area contributed by atoms with E-state index in [0.717, 1.165) is 25.3 Å². The number of likely N-dealkylation sites (N-methyl/N-ethyl adjacent to an activating group) is 1. The van der Waals surface area contributed by atoms with E-state index in [-0.39, 0.29) is 11.5 Å². The highest BCUT2D eigenvalue weighted by molar-refractivity contribution is 4.95. The molecule has 1 aliphatic rings. The zero-order valence-electron chi connectivity index (χ0n) is 11.0. The van der Waals surface area contributed by atoms with Gasteiger partial charge in [0.15, 0.2) is 0 Å². The van der Waals surface area contributed by atoms with Gasteiger partial charge in [-0.05, 0) is 31.2 Å². The molecule has 0 aromatic rings. The Hall–Kier alpha value is -0.0800. The summed E-state index contributed by atoms with van der Waals surface area (Å²) in [7, 11) is 2.15. The zero-order valence-corrected chi connectivity index (χ0v) is 11.0. The van der Waals surface area contributed by atoms with Crippen LogP contribution in [0.25, 0.3) is 0 Å². The van der Waals surface area contributed by atoms with Gasteiger partial charge in [-0.15, -0.1) is 0 Å². The van der Waals surface area contributed by atoms with Crippen molar-refractivity contribution in [2.45, 2.75) is 59.1 Å². The van der Waals surface area contributed by atoms with Crippen molar-refractivity contribution in [3.8, 4) is 0 Å². The summed E-state index contributed by atoms with van der Waals surface area (Å²) in [6.45, 7) is 9.97. The van der Waals surface area contributed by atoms with Crippen LogP contribution < -0.4 is 0 Å². The second-order valence-corrected chi connectivity index (χ2v) is 5.99. The van der Waals surface area contributed by atoms with Crippen LogP contribution in [0.15, 0.2) is 0 Å². The summed E-state index contributed by atoms with van der Waals surface area (Å²) in [5.41, 5.74) is 0.106. The van der Waals surface area contributed by atoms with Crippen molar-refractivity contribution in [1.29, 1.82) is 0 Å². The summed E-state index contributed by atoms with van der Waals surface area (Å²) < 4.78 is 0. The Labute approximate surface area is 94.7 Å². The number of nitrogens with zero attached hydrogens (tertiary/aromatic N) is 1. The Balaban J connectivity index is 2.51. The summed E-state index contributed by atoms with van der Waals surface area (Å²) in [5.74, 6) is 0.728. The Morgan fingerprint density at radius 1 is 1.47 bits per heavy atom. The number of aliphatic hydroxyl groups excluding tert-OH is 1. The van der Waals surface area contributed by atoms with Gasteiger partial charge in [0.05, 0.1) is 6.10 Å². The molecule has 1 fully saturated rings. The summed E-state index contributed by atoms with van der Waals surface area (Å²) >= 11 is 0. The van der Waals surface area contributed by atoms with E-state index in [1.807, 2.05) is 0 Å². The maximum absolute atomic E-state index is 10.2. The van der Waals surface area contributed by atoms with E-state index in [4.69, 9.17) is 0 Å². The van der Waals surface area contributed by atoms with Crippen LogP contribution in [-0.2, 0) is 0 Å². The highest BCUT2D eigenvalue weighted by Gasteiger charge is 2.42. The predicted molar refractivity (Wildman–Crippen MR) is 64.9 cm³/mol. The number of rotatable bonds is 4. The van der Waals surface area contributed by atoms with E-state index in [1.54, 1.807) is 0 Å². The molecule has 1 saturated carbocycles. The second kappa shape index (κ2) is 4.84. The standard InChI is InChI=1S/C13H27NO/c1-6-10(2)9-14(5)11-7-8-13(3,4)12(11)15/h10-12,15H,6-9H2,1-5H3. The summed E-state index contributed by atoms with van der Waals surface area (Å²) in [5, 5.41) is 10.2. The fourth-order valence-corrected chi connectivity index (χ4v) is 2.56. The van der Waals surface area contributed by atoms with E-state index in [0.29, 0.717) is 6.04 Å². The van der Waals surface area contributed by atoms with Crippen molar-refractivity contribution in [2.75, 3.05) is 13.6 Å². The number of hydrogen-bond acceptors (Lipinski definition) is 2. The molecule has 0 spiro atoms. The average Bonchev–Trinajstić information content (AvgIpc) is 2.42. The first-order chi connectivity index (χ1) is 6.88. The van der Waals surface area contributed by atoms with Gasteiger partial charge in [0.2, 0.25) is 0 Å². The van der Waals surface area contributed by atoms with E-state index in [2.05, 4.69) is 39.6 Å². The predicted octanol–water partition coefficient (Wildman–Crippen LogP) is 2.51. The molecule has 3 unspecified atom stereocenters. The second-order valence-electron chi connectivity index (χ2n) is 5.99. The quantitative estimate of drug-likeness (QED) is 0.775. The van der Waals surface area contributed by atoms with Gasteiger partial charge >= 0.3 is 0 Å². The lowest BCUT2D eigenvalue weighted by molar-refractivity contribution is 0.0194. The summed E-state index contributed by atoms with van der Waals surface area (Å²) in [4.78, 5) is 2.35. The molecule has 90 valence electrons. The van der Waals surface area contributed by atoms with E-state index < -0.39 is 0 Å². The number of hydrogen-bond donors (Lipinski definition) is 1. The van der Waals surface area contributed by atoms with Gasteiger partial charge in [-0.2, -0.15) is 0 Å². The summed E-state index contributed by atoms with van der Waals surface area (Å²) in [6, 6.07) is 0.369. The van der Waals surface area contributed by atoms with Gasteiger partial charge in [-0.25, -0.2) is 0 Å². The molecule has 15 heavy (non-hydrogen) atoms. The van der Waals surface area contributed by atoms with Crippen molar-refractivity contribution in [2.24, 2.45) is 11.3 Å². The molecule has 1 aliphatic carbocycles. The molecule has 0 aliphatic heterocycles. The Bertz CT molecular complexity index is 203. The van der Waals surface area contributed by atoms with Crippen molar-refractivity contribution in [3.63, 3.8) is 0 Å². The van der Waals surface area contributed by atoms with Crippen LogP contribution in [-0.4, -0.2) is 35.7 Å². The molecule has 0 heterocycles. The third kappa shape index (κ3) is 2.94. The molecule has 2 nitrogen and oxygen atoms in total. The number of aliphatic hydroxyl groups is 1. The lowest BCUT2D eigenvalue weighted by Crippen LogP contribution is -2.43. The van der Waals surface area contributed by atoms with Gasteiger partial charge in [0, 0.05) is 12.6 Å². The minimum atomic E-state index is -0.161. The molecule has 0 amide bonds. The fourth-order valence-electron chi connectivity index (χ4n) is 2.56. The van der Waals surface area contributed by atoms with Gasteiger partial charge in [-0.3, -0.25) is 0 Å². The minimum absolute atomic E-state index is 0.106. The van der Waals surface area contributed by atoms with Crippen LogP contribution in [0.2, 0.25) is 0 Å². The van der Waals surface area contributed by atoms with Gasteiger partial charge < -0.3 is 10.0 Å². The molecule has 3 atom stereocenters. The topological polar surface area (TPSA) is 23.5 Å². The first kappa shape index (κ1) is 13.0. The van der Waals surface area contributed by atoms with Crippen LogP contribution in [0.4, 0.5) is 0 Å². The highest BCUT2D eigenvalue weighted by Crippen LogP contribution is 2.39. The normalized spacial score (nSPS) is 32.2. The molecule has 0 saturated heterocycles. The third-order valence-electron chi connectivity index (χ3n) is 4.11.